The molecule has 6 nitrogen and oxygen atoms in total. The van der Waals surface area contributed by atoms with Crippen molar-refractivity contribution in [3.63, 3.8) is 0 Å². The van der Waals surface area contributed by atoms with E-state index in [1.807, 2.05) is 0 Å². The van der Waals surface area contributed by atoms with Gasteiger partial charge in [0.2, 0.25) is 20.6 Å². The van der Waals surface area contributed by atoms with E-state index in [9.17, 15) is 13.6 Å². The molecule has 1 aromatic heterocycles. The standard InChI is InChI=1S/C11H10N2O4S/c14-13(15)10-7-4-8-12-11(10)18(16,17)9-5-2-1-3-6-9/h1-8,13-14H. The Morgan fingerprint density at radius 3 is 2.39 bits per heavy atom. The quantitative estimate of drug-likeness (QED) is 0.780. The van der Waals surface area contributed by atoms with Crippen LogP contribution in [0.4, 0.5) is 5.69 Å². The van der Waals surface area contributed by atoms with Crippen LogP contribution in [0.2, 0.25) is 0 Å². The minimum Gasteiger partial charge on any atom is -0.595 e. The molecule has 18 heavy (non-hydrogen) atoms. The number of pyridine rings is 1. The normalized spacial score (nSPS) is 13.2. The van der Waals surface area contributed by atoms with Crippen molar-refractivity contribution >= 4 is 15.5 Å². The van der Waals surface area contributed by atoms with Crippen molar-refractivity contribution in [2.45, 2.75) is 9.92 Å². The van der Waals surface area contributed by atoms with Gasteiger partial charge in [0.1, 0.15) is 0 Å². The zero-order valence-corrected chi connectivity index (χ0v) is 9.96. The molecule has 0 spiro atoms. The molecule has 0 radical (unpaired) electrons. The largest absolute Gasteiger partial charge is 0.595 e. The molecule has 1 heterocycles. The van der Waals surface area contributed by atoms with Crippen LogP contribution in [0, 0.1) is 5.21 Å². The summed E-state index contributed by atoms with van der Waals surface area (Å²) in [5.74, 6) is 0. The Kier molecular flexibility index (Phi) is 3.39. The zero-order valence-electron chi connectivity index (χ0n) is 9.15. The molecule has 0 amide bonds. The second-order valence-corrected chi connectivity index (χ2v) is 5.34. The third-order valence-electron chi connectivity index (χ3n) is 2.31. The molecule has 0 fully saturated rings. The first kappa shape index (κ1) is 12.7. The van der Waals surface area contributed by atoms with Gasteiger partial charge in [-0.15, -0.1) is 0 Å². The molecule has 2 aromatic rings. The summed E-state index contributed by atoms with van der Waals surface area (Å²) in [6.07, 6.45) is 1.25. The van der Waals surface area contributed by atoms with Crippen molar-refractivity contribution < 1.29 is 18.9 Å². The van der Waals surface area contributed by atoms with Gasteiger partial charge in [0.05, 0.1) is 4.90 Å². The molecule has 2 rings (SSSR count). The fraction of sp³-hybridized carbons (Fsp3) is 0. The number of nitrogens with one attached hydrogen (secondary N) is 1. The second-order valence-electron chi connectivity index (χ2n) is 3.48. The number of quaternary nitrogens is 1. The van der Waals surface area contributed by atoms with Crippen molar-refractivity contribution in [1.82, 2.24) is 4.98 Å². The molecule has 94 valence electrons. The number of sulfone groups is 1. The van der Waals surface area contributed by atoms with Crippen LogP contribution in [-0.2, 0) is 9.84 Å². The summed E-state index contributed by atoms with van der Waals surface area (Å²) in [6, 6.07) is 10.2. The Hall–Kier alpha value is -1.80. The summed E-state index contributed by atoms with van der Waals surface area (Å²) < 4.78 is 24.5. The van der Waals surface area contributed by atoms with Crippen LogP contribution in [0.5, 0.6) is 0 Å². The lowest BCUT2D eigenvalue weighted by Gasteiger charge is -2.14. The average molecular weight is 266 g/mol. The molecule has 0 saturated carbocycles. The molecule has 0 aliphatic heterocycles. The summed E-state index contributed by atoms with van der Waals surface area (Å²) in [5, 5.41) is 18.2. The summed E-state index contributed by atoms with van der Waals surface area (Å²) in [6.45, 7) is 0. The average Bonchev–Trinajstić information content (AvgIpc) is 2.39. The lowest BCUT2D eigenvalue weighted by Crippen LogP contribution is -2.99. The van der Waals surface area contributed by atoms with E-state index in [1.165, 1.54) is 30.5 Å². The Bertz CT molecular complexity index is 641. The summed E-state index contributed by atoms with van der Waals surface area (Å²) in [7, 11) is -3.91. The number of hydrogen-bond donors (Lipinski definition) is 2. The van der Waals surface area contributed by atoms with E-state index in [-0.39, 0.29) is 10.6 Å². The maximum absolute atomic E-state index is 12.2. The van der Waals surface area contributed by atoms with Gasteiger partial charge in [-0.2, -0.15) is 5.23 Å². The van der Waals surface area contributed by atoms with E-state index in [2.05, 4.69) is 4.98 Å². The number of rotatable bonds is 3. The maximum Gasteiger partial charge on any atom is 0.230 e. The molecule has 0 saturated heterocycles. The van der Waals surface area contributed by atoms with Gasteiger partial charge in [-0.25, -0.2) is 18.6 Å². The van der Waals surface area contributed by atoms with Gasteiger partial charge in [0.25, 0.3) is 0 Å². The molecule has 2 N–H and O–H groups in total. The molecule has 1 aromatic carbocycles. The third kappa shape index (κ3) is 2.24. The number of aromatic nitrogens is 1. The zero-order chi connectivity index (χ0) is 13.2. The first-order chi connectivity index (χ1) is 8.53. The van der Waals surface area contributed by atoms with Gasteiger partial charge < -0.3 is 5.21 Å². The highest BCUT2D eigenvalue weighted by Gasteiger charge is 2.26. The van der Waals surface area contributed by atoms with Gasteiger partial charge in [-0.05, 0) is 18.2 Å². The lowest BCUT2D eigenvalue weighted by atomic mass is 10.4. The first-order valence-electron chi connectivity index (χ1n) is 5.02. The van der Waals surface area contributed by atoms with Crippen molar-refractivity contribution in [3.8, 4) is 0 Å². The predicted molar refractivity (Wildman–Crippen MR) is 61.9 cm³/mol. The van der Waals surface area contributed by atoms with E-state index in [1.54, 1.807) is 18.2 Å². The predicted octanol–water partition coefficient (Wildman–Crippen LogP) is 0.318. The Balaban J connectivity index is 2.63. The van der Waals surface area contributed by atoms with E-state index >= 15 is 0 Å². The van der Waals surface area contributed by atoms with Crippen molar-refractivity contribution in [3.05, 3.63) is 53.9 Å². The highest BCUT2D eigenvalue weighted by atomic mass is 32.2. The lowest BCUT2D eigenvalue weighted by molar-refractivity contribution is -0.992. The van der Waals surface area contributed by atoms with Crippen molar-refractivity contribution in [2.75, 3.05) is 0 Å². The van der Waals surface area contributed by atoms with E-state index in [0.717, 1.165) is 0 Å². The van der Waals surface area contributed by atoms with Crippen LogP contribution in [0.15, 0.2) is 58.6 Å². The Morgan fingerprint density at radius 1 is 1.11 bits per heavy atom. The molecule has 1 atom stereocenters. The molecule has 7 heteroatoms. The van der Waals surface area contributed by atoms with Gasteiger partial charge in [0, 0.05) is 12.3 Å². The van der Waals surface area contributed by atoms with E-state index < -0.39 is 20.1 Å². The molecule has 0 bridgehead atoms. The van der Waals surface area contributed by atoms with Crippen LogP contribution < -0.4 is 5.23 Å². The van der Waals surface area contributed by atoms with Crippen LogP contribution in [0.25, 0.3) is 0 Å². The van der Waals surface area contributed by atoms with Crippen LogP contribution in [0.3, 0.4) is 0 Å². The van der Waals surface area contributed by atoms with Crippen LogP contribution in [-0.4, -0.2) is 18.6 Å². The minimum atomic E-state index is -3.91. The summed E-state index contributed by atoms with van der Waals surface area (Å²) in [4.78, 5) is 3.70. The van der Waals surface area contributed by atoms with Crippen molar-refractivity contribution in [2.24, 2.45) is 0 Å². The molecule has 1 unspecified atom stereocenters. The smallest absolute Gasteiger partial charge is 0.230 e. The molecule has 0 aliphatic carbocycles. The topological polar surface area (TPSA) is 94.8 Å². The van der Waals surface area contributed by atoms with Gasteiger partial charge in [-0.3, -0.25) is 0 Å². The fourth-order valence-corrected chi connectivity index (χ4v) is 2.86. The Labute approximate surface area is 104 Å². The second kappa shape index (κ2) is 4.83. The van der Waals surface area contributed by atoms with E-state index in [0.29, 0.717) is 0 Å². The highest BCUT2D eigenvalue weighted by molar-refractivity contribution is 7.91. The molecular formula is C11H10N2O4S. The van der Waals surface area contributed by atoms with Gasteiger partial charge in [0.15, 0.2) is 0 Å². The van der Waals surface area contributed by atoms with Gasteiger partial charge in [-0.1, -0.05) is 18.2 Å². The van der Waals surface area contributed by atoms with Crippen LogP contribution >= 0.6 is 0 Å². The first-order valence-corrected chi connectivity index (χ1v) is 6.50. The monoisotopic (exact) mass is 266 g/mol. The number of hydrogen-bond acceptors (Lipinski definition) is 5. The SMILES string of the molecule is O=S(=O)(c1ccccc1)c1ncccc1[NH+]([O-])O. The molecular weight excluding hydrogens is 256 g/mol. The Morgan fingerprint density at radius 2 is 1.78 bits per heavy atom. The highest BCUT2D eigenvalue weighted by Crippen LogP contribution is 2.22. The third-order valence-corrected chi connectivity index (χ3v) is 4.04. The minimum absolute atomic E-state index is 0.0196. The molecule has 0 aliphatic rings. The fourth-order valence-electron chi connectivity index (χ4n) is 1.48. The number of benzene rings is 1. The van der Waals surface area contributed by atoms with E-state index in [4.69, 9.17) is 5.21 Å². The summed E-state index contributed by atoms with van der Waals surface area (Å²) >= 11 is 0. The van der Waals surface area contributed by atoms with Crippen molar-refractivity contribution in [1.29, 1.82) is 0 Å². The maximum atomic E-state index is 12.2. The van der Waals surface area contributed by atoms with Gasteiger partial charge >= 0.3 is 0 Å². The number of nitrogens with zero attached hydrogens (tertiary/aromatic N) is 1. The van der Waals surface area contributed by atoms with Crippen LogP contribution in [0.1, 0.15) is 0 Å². The summed E-state index contributed by atoms with van der Waals surface area (Å²) in [5.41, 5.74) is -0.332.